The van der Waals surface area contributed by atoms with E-state index in [1.165, 1.54) is 0 Å². The standard InChI is InChI=1S/C13H15ClN4O.CH4O/c1-2-17-8-15-11-9(13(17)19)7-10(14)16-12(11)18-5-3-4-6-18;1-2/h7-8H,2-6H2,1H3;2H,1H3. The molecule has 1 aliphatic heterocycles. The van der Waals surface area contributed by atoms with Crippen LogP contribution in [0.4, 0.5) is 5.82 Å². The largest absolute Gasteiger partial charge is 0.400 e. The maximum atomic E-state index is 12.3. The van der Waals surface area contributed by atoms with E-state index >= 15 is 0 Å². The summed E-state index contributed by atoms with van der Waals surface area (Å²) in [5.74, 6) is 0.736. The van der Waals surface area contributed by atoms with Gasteiger partial charge in [-0.2, -0.15) is 0 Å². The van der Waals surface area contributed by atoms with Gasteiger partial charge in [0.15, 0.2) is 5.82 Å². The van der Waals surface area contributed by atoms with Gasteiger partial charge >= 0.3 is 0 Å². The number of nitrogens with zero attached hydrogens (tertiary/aromatic N) is 4. The number of aromatic nitrogens is 3. The maximum Gasteiger partial charge on any atom is 0.261 e. The smallest absolute Gasteiger partial charge is 0.261 e. The predicted molar refractivity (Wildman–Crippen MR) is 84.1 cm³/mol. The van der Waals surface area contributed by atoms with Crippen molar-refractivity contribution in [2.75, 3.05) is 25.1 Å². The van der Waals surface area contributed by atoms with Crippen LogP contribution < -0.4 is 10.5 Å². The van der Waals surface area contributed by atoms with Crippen molar-refractivity contribution in [2.45, 2.75) is 26.3 Å². The molecule has 0 aromatic carbocycles. The van der Waals surface area contributed by atoms with Crippen LogP contribution in [0.25, 0.3) is 10.9 Å². The van der Waals surface area contributed by atoms with E-state index in [4.69, 9.17) is 16.7 Å². The van der Waals surface area contributed by atoms with Crippen molar-refractivity contribution in [1.29, 1.82) is 0 Å². The van der Waals surface area contributed by atoms with E-state index in [2.05, 4.69) is 14.9 Å². The molecule has 0 radical (unpaired) electrons. The first-order valence-corrected chi connectivity index (χ1v) is 7.34. The van der Waals surface area contributed by atoms with Gasteiger partial charge in [0.1, 0.15) is 10.7 Å². The summed E-state index contributed by atoms with van der Waals surface area (Å²) in [5, 5.41) is 7.90. The topological polar surface area (TPSA) is 71.2 Å². The Morgan fingerprint density at radius 3 is 2.62 bits per heavy atom. The summed E-state index contributed by atoms with van der Waals surface area (Å²) in [7, 11) is 1.00. The normalized spacial score (nSPS) is 14.2. The minimum absolute atomic E-state index is 0.0581. The average molecular weight is 311 g/mol. The molecule has 2 aromatic rings. The summed E-state index contributed by atoms with van der Waals surface area (Å²) in [4.78, 5) is 23.2. The Bertz CT molecular complexity index is 680. The molecule has 1 fully saturated rings. The summed E-state index contributed by atoms with van der Waals surface area (Å²) in [6, 6.07) is 1.61. The van der Waals surface area contributed by atoms with Gasteiger partial charge in [-0.25, -0.2) is 9.97 Å². The van der Waals surface area contributed by atoms with E-state index < -0.39 is 0 Å². The number of pyridine rings is 1. The van der Waals surface area contributed by atoms with Gasteiger partial charge < -0.3 is 10.0 Å². The van der Waals surface area contributed by atoms with Crippen LogP contribution in [0.1, 0.15) is 19.8 Å². The van der Waals surface area contributed by atoms with Crippen molar-refractivity contribution < 1.29 is 5.11 Å². The Balaban J connectivity index is 0.000000774. The number of aliphatic hydroxyl groups excluding tert-OH is 1. The summed E-state index contributed by atoms with van der Waals surface area (Å²) in [6.07, 6.45) is 3.86. The van der Waals surface area contributed by atoms with Crippen molar-refractivity contribution >= 4 is 28.3 Å². The second-order valence-electron chi connectivity index (χ2n) is 4.69. The third kappa shape index (κ3) is 3.01. The molecule has 0 aliphatic carbocycles. The zero-order valence-electron chi connectivity index (χ0n) is 12.2. The second kappa shape index (κ2) is 6.87. The van der Waals surface area contributed by atoms with Crippen LogP contribution in [-0.4, -0.2) is 39.8 Å². The molecule has 114 valence electrons. The van der Waals surface area contributed by atoms with Crippen LogP contribution in [0, 0.1) is 0 Å². The molecule has 0 amide bonds. The number of halogens is 1. The Morgan fingerprint density at radius 2 is 2.00 bits per heavy atom. The number of rotatable bonds is 2. The van der Waals surface area contributed by atoms with E-state index in [9.17, 15) is 4.79 Å². The third-order valence-electron chi connectivity index (χ3n) is 3.51. The number of aryl methyl sites for hydroxylation is 1. The van der Waals surface area contributed by atoms with Crippen molar-refractivity contribution in [2.24, 2.45) is 0 Å². The molecule has 3 heterocycles. The lowest BCUT2D eigenvalue weighted by Gasteiger charge is -2.18. The van der Waals surface area contributed by atoms with E-state index in [0.29, 0.717) is 22.6 Å². The average Bonchev–Trinajstić information content (AvgIpc) is 3.04. The molecule has 21 heavy (non-hydrogen) atoms. The van der Waals surface area contributed by atoms with Crippen molar-refractivity contribution in [3.05, 3.63) is 27.9 Å². The van der Waals surface area contributed by atoms with Gasteiger partial charge in [-0.05, 0) is 25.8 Å². The molecule has 1 aliphatic rings. The molecule has 0 saturated carbocycles. The quantitative estimate of drug-likeness (QED) is 0.854. The van der Waals surface area contributed by atoms with E-state index in [0.717, 1.165) is 38.9 Å². The molecular weight excluding hydrogens is 292 g/mol. The minimum Gasteiger partial charge on any atom is -0.400 e. The van der Waals surface area contributed by atoms with Crippen LogP contribution in [-0.2, 0) is 6.54 Å². The first kappa shape index (κ1) is 15.7. The lowest BCUT2D eigenvalue weighted by Crippen LogP contribution is -2.23. The lowest BCUT2D eigenvalue weighted by molar-refractivity contribution is 0.399. The number of anilines is 1. The molecule has 1 N–H and O–H groups in total. The zero-order chi connectivity index (χ0) is 15.4. The van der Waals surface area contributed by atoms with Gasteiger partial charge in [-0.1, -0.05) is 11.6 Å². The summed E-state index contributed by atoms with van der Waals surface area (Å²) in [6.45, 7) is 4.40. The van der Waals surface area contributed by atoms with E-state index in [1.807, 2.05) is 6.92 Å². The molecule has 0 spiro atoms. The fourth-order valence-electron chi connectivity index (χ4n) is 2.49. The van der Waals surface area contributed by atoms with Crippen LogP contribution >= 0.6 is 11.6 Å². The molecule has 2 aromatic heterocycles. The van der Waals surface area contributed by atoms with Crippen molar-refractivity contribution in [1.82, 2.24) is 14.5 Å². The molecular formula is C14H19ClN4O2. The van der Waals surface area contributed by atoms with Gasteiger partial charge in [0.2, 0.25) is 0 Å². The van der Waals surface area contributed by atoms with Crippen LogP contribution in [0.2, 0.25) is 5.15 Å². The number of hydrogen-bond donors (Lipinski definition) is 1. The fourth-order valence-corrected chi connectivity index (χ4v) is 2.68. The van der Waals surface area contributed by atoms with Gasteiger partial charge in [-0.15, -0.1) is 0 Å². The third-order valence-corrected chi connectivity index (χ3v) is 3.70. The van der Waals surface area contributed by atoms with Crippen molar-refractivity contribution in [3.8, 4) is 0 Å². The maximum absolute atomic E-state index is 12.3. The Labute approximate surface area is 128 Å². The molecule has 1 saturated heterocycles. The van der Waals surface area contributed by atoms with Crippen LogP contribution in [0.3, 0.4) is 0 Å². The second-order valence-corrected chi connectivity index (χ2v) is 5.08. The first-order chi connectivity index (χ1) is 10.2. The van der Waals surface area contributed by atoms with Gasteiger partial charge in [0.25, 0.3) is 5.56 Å². The highest BCUT2D eigenvalue weighted by Gasteiger charge is 2.19. The van der Waals surface area contributed by atoms with E-state index in [1.54, 1.807) is 17.0 Å². The Morgan fingerprint density at radius 1 is 1.33 bits per heavy atom. The zero-order valence-corrected chi connectivity index (χ0v) is 13.0. The Hall–Kier alpha value is -1.66. The molecule has 0 unspecified atom stereocenters. The summed E-state index contributed by atoms with van der Waals surface area (Å²) >= 11 is 6.06. The minimum atomic E-state index is -0.0581. The van der Waals surface area contributed by atoms with Crippen LogP contribution in [0.5, 0.6) is 0 Å². The molecule has 7 heteroatoms. The number of hydrogen-bond acceptors (Lipinski definition) is 5. The highest BCUT2D eigenvalue weighted by Crippen LogP contribution is 2.26. The number of aliphatic hydroxyl groups is 1. The highest BCUT2D eigenvalue weighted by molar-refractivity contribution is 6.30. The molecule has 6 nitrogen and oxygen atoms in total. The summed E-state index contributed by atoms with van der Waals surface area (Å²) < 4.78 is 1.58. The first-order valence-electron chi connectivity index (χ1n) is 6.96. The lowest BCUT2D eigenvalue weighted by atomic mass is 10.2. The molecule has 3 rings (SSSR count). The predicted octanol–water partition coefficient (Wildman–Crippen LogP) is 1.67. The number of fused-ring (bicyclic) bond motifs is 1. The van der Waals surface area contributed by atoms with Gasteiger partial charge in [-0.3, -0.25) is 9.36 Å². The monoisotopic (exact) mass is 310 g/mol. The SMILES string of the molecule is CCn1cnc2c(N3CCCC3)nc(Cl)cc2c1=O.CO. The summed E-state index contributed by atoms with van der Waals surface area (Å²) in [5.41, 5.74) is 0.596. The van der Waals surface area contributed by atoms with E-state index in [-0.39, 0.29) is 5.56 Å². The van der Waals surface area contributed by atoms with Gasteiger partial charge in [0.05, 0.1) is 11.7 Å². The fraction of sp³-hybridized carbons (Fsp3) is 0.500. The van der Waals surface area contributed by atoms with Crippen molar-refractivity contribution in [3.63, 3.8) is 0 Å². The highest BCUT2D eigenvalue weighted by atomic mass is 35.5. The molecule has 0 atom stereocenters. The molecule has 0 bridgehead atoms. The van der Waals surface area contributed by atoms with Gasteiger partial charge in [0, 0.05) is 26.7 Å². The van der Waals surface area contributed by atoms with Crippen LogP contribution in [0.15, 0.2) is 17.2 Å². The Kier molecular flexibility index (Phi) is 5.14.